The van der Waals surface area contributed by atoms with Gasteiger partial charge >= 0.3 is 0 Å². The quantitative estimate of drug-likeness (QED) is 0.444. The Morgan fingerprint density at radius 1 is 1.00 bits per heavy atom. The topological polar surface area (TPSA) is 66.0 Å². The molecular weight excluding hydrogens is 328 g/mol. The Hall–Kier alpha value is -1.30. The van der Waals surface area contributed by atoms with Gasteiger partial charge in [0.05, 0.1) is 12.2 Å². The van der Waals surface area contributed by atoms with Gasteiger partial charge in [0.15, 0.2) is 5.96 Å². The number of hydrogen-bond donors (Lipinski definition) is 2. The number of nitrogens with zero attached hydrogens (tertiary/aromatic N) is 2. The SMILES string of the molecule is CN=C(NCCNC(=O)CC1CCCCC1)N1CC2C3CCC(O3)C2C1. The van der Waals surface area contributed by atoms with E-state index >= 15 is 0 Å². The number of rotatable bonds is 5. The molecule has 4 aliphatic rings. The van der Waals surface area contributed by atoms with Crippen LogP contribution in [0.2, 0.25) is 0 Å². The third kappa shape index (κ3) is 3.85. The maximum Gasteiger partial charge on any atom is 0.220 e. The van der Waals surface area contributed by atoms with Crippen molar-refractivity contribution in [2.24, 2.45) is 22.7 Å². The predicted molar refractivity (Wildman–Crippen MR) is 102 cm³/mol. The molecule has 6 heteroatoms. The summed E-state index contributed by atoms with van der Waals surface area (Å²) in [6.45, 7) is 3.51. The van der Waals surface area contributed by atoms with E-state index in [0.29, 0.717) is 42.9 Å². The summed E-state index contributed by atoms with van der Waals surface area (Å²) < 4.78 is 6.05. The number of fused-ring (bicyclic) bond motifs is 5. The first kappa shape index (κ1) is 18.1. The number of guanidine groups is 1. The highest BCUT2D eigenvalue weighted by Gasteiger charge is 2.53. The summed E-state index contributed by atoms with van der Waals surface area (Å²) in [6.07, 6.45) is 10.5. The molecule has 6 nitrogen and oxygen atoms in total. The van der Waals surface area contributed by atoms with Crippen molar-refractivity contribution in [1.29, 1.82) is 0 Å². The minimum absolute atomic E-state index is 0.207. The third-order valence-corrected chi connectivity index (χ3v) is 6.89. The number of ether oxygens (including phenoxy) is 1. The molecule has 26 heavy (non-hydrogen) atoms. The largest absolute Gasteiger partial charge is 0.374 e. The van der Waals surface area contributed by atoms with E-state index in [2.05, 4.69) is 20.5 Å². The molecule has 4 atom stereocenters. The first-order chi connectivity index (χ1) is 12.7. The van der Waals surface area contributed by atoms with Crippen LogP contribution in [0.4, 0.5) is 0 Å². The highest BCUT2D eigenvalue weighted by atomic mass is 16.5. The molecule has 0 radical (unpaired) electrons. The second-order valence-electron chi connectivity index (χ2n) is 8.56. The van der Waals surface area contributed by atoms with Crippen molar-refractivity contribution in [3.8, 4) is 0 Å². The van der Waals surface area contributed by atoms with Crippen LogP contribution in [0.5, 0.6) is 0 Å². The molecule has 3 heterocycles. The molecule has 0 spiro atoms. The lowest BCUT2D eigenvalue weighted by Crippen LogP contribution is -2.44. The number of carbonyl (C=O) groups excluding carboxylic acids is 1. The fourth-order valence-corrected chi connectivity index (χ4v) is 5.57. The van der Waals surface area contributed by atoms with Gasteiger partial charge in [0, 0.05) is 51.5 Å². The number of hydrogen-bond acceptors (Lipinski definition) is 3. The van der Waals surface area contributed by atoms with E-state index < -0.39 is 0 Å². The average Bonchev–Trinajstić information content (AvgIpc) is 3.36. The number of nitrogens with one attached hydrogen (secondary N) is 2. The Bertz CT molecular complexity index is 514. The van der Waals surface area contributed by atoms with E-state index in [1.165, 1.54) is 44.9 Å². The first-order valence-corrected chi connectivity index (χ1v) is 10.6. The van der Waals surface area contributed by atoms with Crippen LogP contribution in [-0.4, -0.2) is 62.2 Å². The summed E-state index contributed by atoms with van der Waals surface area (Å²) in [5, 5.41) is 6.50. The van der Waals surface area contributed by atoms with Crippen LogP contribution in [0.1, 0.15) is 51.4 Å². The molecule has 4 fully saturated rings. The lowest BCUT2D eigenvalue weighted by Gasteiger charge is -2.23. The fourth-order valence-electron chi connectivity index (χ4n) is 5.57. The van der Waals surface area contributed by atoms with Gasteiger partial charge in [-0.25, -0.2) is 0 Å². The second kappa shape index (κ2) is 8.15. The zero-order chi connectivity index (χ0) is 17.9. The zero-order valence-corrected chi connectivity index (χ0v) is 16.1. The summed E-state index contributed by atoms with van der Waals surface area (Å²) in [5.74, 6) is 3.15. The maximum absolute atomic E-state index is 12.1. The van der Waals surface area contributed by atoms with Gasteiger partial charge in [-0.15, -0.1) is 0 Å². The average molecular weight is 363 g/mol. The maximum atomic E-state index is 12.1. The monoisotopic (exact) mass is 362 g/mol. The normalized spacial score (nSPS) is 34.2. The number of aliphatic imine (C=N–C) groups is 1. The van der Waals surface area contributed by atoms with Crippen LogP contribution < -0.4 is 10.6 Å². The van der Waals surface area contributed by atoms with E-state index in [4.69, 9.17) is 4.74 Å². The summed E-state index contributed by atoms with van der Waals surface area (Å²) in [4.78, 5) is 18.9. The Balaban J connectivity index is 1.15. The smallest absolute Gasteiger partial charge is 0.220 e. The third-order valence-electron chi connectivity index (χ3n) is 6.89. The van der Waals surface area contributed by atoms with E-state index in [0.717, 1.165) is 25.6 Å². The van der Waals surface area contributed by atoms with Crippen molar-refractivity contribution in [1.82, 2.24) is 15.5 Å². The fraction of sp³-hybridized carbons (Fsp3) is 0.900. The van der Waals surface area contributed by atoms with Gasteiger partial charge in [0.2, 0.25) is 5.91 Å². The van der Waals surface area contributed by atoms with Crippen LogP contribution in [0.25, 0.3) is 0 Å². The second-order valence-corrected chi connectivity index (χ2v) is 8.56. The van der Waals surface area contributed by atoms with Crippen molar-refractivity contribution >= 4 is 11.9 Å². The Labute approximate surface area is 157 Å². The minimum Gasteiger partial charge on any atom is -0.374 e. The standard InChI is InChI=1S/C20H34N4O2/c1-21-20(24-12-15-16(13-24)18-8-7-17(15)26-18)23-10-9-22-19(25)11-14-5-3-2-4-6-14/h14-18H,2-13H2,1H3,(H,21,23)(H,22,25). The van der Waals surface area contributed by atoms with Crippen LogP contribution in [-0.2, 0) is 9.53 Å². The van der Waals surface area contributed by atoms with Gasteiger partial charge < -0.3 is 20.3 Å². The van der Waals surface area contributed by atoms with Gasteiger partial charge in [-0.1, -0.05) is 19.3 Å². The molecular formula is C20H34N4O2. The van der Waals surface area contributed by atoms with Crippen molar-refractivity contribution in [2.75, 3.05) is 33.2 Å². The number of likely N-dealkylation sites (tertiary alicyclic amines) is 1. The zero-order valence-electron chi connectivity index (χ0n) is 16.1. The highest BCUT2D eigenvalue weighted by molar-refractivity contribution is 5.80. The molecule has 4 unspecified atom stereocenters. The lowest BCUT2D eigenvalue weighted by atomic mass is 9.82. The van der Waals surface area contributed by atoms with E-state index in [-0.39, 0.29) is 5.91 Å². The van der Waals surface area contributed by atoms with Crippen molar-refractivity contribution in [3.63, 3.8) is 0 Å². The van der Waals surface area contributed by atoms with Gasteiger partial charge in [0.25, 0.3) is 0 Å². The molecule has 0 aromatic heterocycles. The van der Waals surface area contributed by atoms with Gasteiger partial charge in [-0.2, -0.15) is 0 Å². The van der Waals surface area contributed by atoms with Crippen molar-refractivity contribution in [3.05, 3.63) is 0 Å². The lowest BCUT2D eigenvalue weighted by molar-refractivity contribution is -0.122. The molecule has 3 aliphatic heterocycles. The van der Waals surface area contributed by atoms with E-state index in [9.17, 15) is 4.79 Å². The van der Waals surface area contributed by atoms with Crippen LogP contribution >= 0.6 is 0 Å². The highest BCUT2D eigenvalue weighted by Crippen LogP contribution is 2.47. The summed E-state index contributed by atoms with van der Waals surface area (Å²) >= 11 is 0. The van der Waals surface area contributed by atoms with Crippen molar-refractivity contribution < 1.29 is 9.53 Å². The molecule has 0 aromatic rings. The first-order valence-electron chi connectivity index (χ1n) is 10.6. The molecule has 0 aromatic carbocycles. The molecule has 3 saturated heterocycles. The Kier molecular flexibility index (Phi) is 5.67. The Morgan fingerprint density at radius 2 is 1.65 bits per heavy atom. The summed E-state index contributed by atoms with van der Waals surface area (Å²) in [5.41, 5.74) is 0. The van der Waals surface area contributed by atoms with Crippen LogP contribution in [0.3, 0.4) is 0 Å². The Morgan fingerprint density at radius 3 is 2.31 bits per heavy atom. The summed E-state index contributed by atoms with van der Waals surface area (Å²) in [6, 6.07) is 0. The molecule has 2 bridgehead atoms. The van der Waals surface area contributed by atoms with Gasteiger partial charge in [-0.05, 0) is 31.6 Å². The van der Waals surface area contributed by atoms with Gasteiger partial charge in [0.1, 0.15) is 0 Å². The molecule has 2 N–H and O–H groups in total. The predicted octanol–water partition coefficient (Wildman–Crippen LogP) is 1.76. The van der Waals surface area contributed by atoms with E-state index in [1.54, 1.807) is 0 Å². The molecule has 4 rings (SSSR count). The molecule has 1 amide bonds. The number of carbonyl (C=O) groups is 1. The van der Waals surface area contributed by atoms with Crippen LogP contribution in [0, 0.1) is 17.8 Å². The number of amides is 1. The van der Waals surface area contributed by atoms with E-state index in [1.807, 2.05) is 7.05 Å². The molecule has 146 valence electrons. The molecule has 1 saturated carbocycles. The van der Waals surface area contributed by atoms with Crippen LogP contribution in [0.15, 0.2) is 4.99 Å². The van der Waals surface area contributed by atoms with Gasteiger partial charge in [-0.3, -0.25) is 9.79 Å². The molecule has 1 aliphatic carbocycles. The van der Waals surface area contributed by atoms with Crippen molar-refractivity contribution in [2.45, 2.75) is 63.6 Å². The minimum atomic E-state index is 0.207. The summed E-state index contributed by atoms with van der Waals surface area (Å²) in [7, 11) is 1.85.